The summed E-state index contributed by atoms with van der Waals surface area (Å²) in [6.45, 7) is 7.14. The lowest BCUT2D eigenvalue weighted by molar-refractivity contribution is 0.598. The predicted octanol–water partition coefficient (Wildman–Crippen LogP) is 3.50. The third kappa shape index (κ3) is 2.57. The molecular formula is C14H18ClN3. The summed E-state index contributed by atoms with van der Waals surface area (Å²) in [7, 11) is 0. The van der Waals surface area contributed by atoms with Gasteiger partial charge in [-0.15, -0.1) is 0 Å². The lowest BCUT2D eigenvalue weighted by Crippen LogP contribution is -2.17. The molecule has 0 spiro atoms. The first-order valence-corrected chi connectivity index (χ1v) is 6.54. The third-order valence-electron chi connectivity index (χ3n) is 3.07. The highest BCUT2D eigenvalue weighted by Gasteiger charge is 2.09. The molecule has 2 aromatic rings. The van der Waals surface area contributed by atoms with Gasteiger partial charge in [0.25, 0.3) is 0 Å². The zero-order chi connectivity index (χ0) is 13.1. The van der Waals surface area contributed by atoms with Crippen molar-refractivity contribution >= 4 is 11.6 Å². The molecule has 0 aliphatic carbocycles. The lowest BCUT2D eigenvalue weighted by atomic mass is 10.1. The molecule has 0 aliphatic heterocycles. The van der Waals surface area contributed by atoms with E-state index in [9.17, 15) is 0 Å². The van der Waals surface area contributed by atoms with Gasteiger partial charge in [-0.1, -0.05) is 24.6 Å². The van der Waals surface area contributed by atoms with Crippen LogP contribution < -0.4 is 5.32 Å². The van der Waals surface area contributed by atoms with Gasteiger partial charge in [0.05, 0.1) is 10.7 Å². The van der Waals surface area contributed by atoms with E-state index in [0.717, 1.165) is 23.1 Å². The molecule has 0 saturated heterocycles. The smallest absolute Gasteiger partial charge is 0.110 e. The fraction of sp³-hybridized carbons (Fsp3) is 0.357. The van der Waals surface area contributed by atoms with Crippen LogP contribution in [0.25, 0.3) is 5.69 Å². The van der Waals surface area contributed by atoms with Crippen LogP contribution in [0.5, 0.6) is 0 Å². The number of nitrogens with one attached hydrogen (secondary N) is 1. The molecule has 2 rings (SSSR count). The number of aromatic nitrogens is 2. The SMILES string of the molecule is CCNC(C)c1ccc(-n2ccnc2C)c(Cl)c1. The highest BCUT2D eigenvalue weighted by Crippen LogP contribution is 2.25. The molecule has 1 heterocycles. The highest BCUT2D eigenvalue weighted by molar-refractivity contribution is 6.32. The number of benzene rings is 1. The number of rotatable bonds is 4. The number of aryl methyl sites for hydroxylation is 1. The molecule has 0 bridgehead atoms. The Morgan fingerprint density at radius 1 is 1.44 bits per heavy atom. The monoisotopic (exact) mass is 263 g/mol. The minimum atomic E-state index is 0.311. The largest absolute Gasteiger partial charge is 0.310 e. The van der Waals surface area contributed by atoms with Crippen molar-refractivity contribution < 1.29 is 0 Å². The van der Waals surface area contributed by atoms with Gasteiger partial charge >= 0.3 is 0 Å². The molecule has 1 N–H and O–H groups in total. The van der Waals surface area contributed by atoms with Crippen LogP contribution in [-0.4, -0.2) is 16.1 Å². The van der Waals surface area contributed by atoms with Crippen molar-refractivity contribution in [2.75, 3.05) is 6.54 Å². The Labute approximate surface area is 113 Å². The molecular weight excluding hydrogens is 246 g/mol. The van der Waals surface area contributed by atoms with Gasteiger partial charge in [-0.25, -0.2) is 4.98 Å². The predicted molar refractivity (Wildman–Crippen MR) is 75.4 cm³/mol. The molecule has 1 aromatic heterocycles. The van der Waals surface area contributed by atoms with E-state index in [1.807, 2.05) is 29.8 Å². The fourth-order valence-corrected chi connectivity index (χ4v) is 2.32. The normalized spacial score (nSPS) is 12.7. The maximum absolute atomic E-state index is 6.36. The van der Waals surface area contributed by atoms with Gasteiger partial charge in [0.2, 0.25) is 0 Å². The number of hydrogen-bond acceptors (Lipinski definition) is 2. The van der Waals surface area contributed by atoms with Crippen molar-refractivity contribution in [3.63, 3.8) is 0 Å². The van der Waals surface area contributed by atoms with Crippen LogP contribution in [-0.2, 0) is 0 Å². The highest BCUT2D eigenvalue weighted by atomic mass is 35.5. The maximum atomic E-state index is 6.36. The zero-order valence-electron chi connectivity index (χ0n) is 10.9. The second kappa shape index (κ2) is 5.55. The van der Waals surface area contributed by atoms with Gasteiger partial charge in [0, 0.05) is 18.4 Å². The van der Waals surface area contributed by atoms with Crippen molar-refractivity contribution in [3.8, 4) is 5.69 Å². The third-order valence-corrected chi connectivity index (χ3v) is 3.37. The quantitative estimate of drug-likeness (QED) is 0.915. The molecule has 0 radical (unpaired) electrons. The first kappa shape index (κ1) is 13.1. The Bertz CT molecular complexity index is 534. The van der Waals surface area contributed by atoms with Crippen LogP contribution in [0.3, 0.4) is 0 Å². The first-order valence-electron chi connectivity index (χ1n) is 6.16. The van der Waals surface area contributed by atoms with E-state index in [1.54, 1.807) is 6.20 Å². The molecule has 1 aromatic carbocycles. The van der Waals surface area contributed by atoms with E-state index in [1.165, 1.54) is 5.56 Å². The topological polar surface area (TPSA) is 29.9 Å². The summed E-state index contributed by atoms with van der Waals surface area (Å²) >= 11 is 6.36. The number of hydrogen-bond donors (Lipinski definition) is 1. The van der Waals surface area contributed by atoms with Crippen LogP contribution in [0.2, 0.25) is 5.02 Å². The van der Waals surface area contributed by atoms with Crippen LogP contribution in [0.1, 0.15) is 31.3 Å². The van der Waals surface area contributed by atoms with E-state index in [-0.39, 0.29) is 0 Å². The Kier molecular flexibility index (Phi) is 4.04. The standard InChI is InChI=1S/C14H18ClN3/c1-4-16-10(2)12-5-6-14(13(15)9-12)18-8-7-17-11(18)3/h5-10,16H,4H2,1-3H3. The number of nitrogens with zero attached hydrogens (tertiary/aromatic N) is 2. The van der Waals surface area contributed by atoms with Gasteiger partial charge in [0.15, 0.2) is 0 Å². The lowest BCUT2D eigenvalue weighted by Gasteiger charge is -2.15. The molecule has 18 heavy (non-hydrogen) atoms. The van der Waals surface area contributed by atoms with Crippen molar-refractivity contribution in [1.29, 1.82) is 0 Å². The minimum Gasteiger partial charge on any atom is -0.310 e. The second-order valence-corrected chi connectivity index (χ2v) is 4.74. The van der Waals surface area contributed by atoms with Crippen LogP contribution in [0.15, 0.2) is 30.6 Å². The van der Waals surface area contributed by atoms with E-state index < -0.39 is 0 Å². The average Bonchev–Trinajstić information content (AvgIpc) is 2.75. The Balaban J connectivity index is 2.34. The second-order valence-electron chi connectivity index (χ2n) is 4.33. The summed E-state index contributed by atoms with van der Waals surface area (Å²) in [5, 5.41) is 4.13. The van der Waals surface area contributed by atoms with Crippen LogP contribution in [0.4, 0.5) is 0 Å². The van der Waals surface area contributed by atoms with Crippen molar-refractivity contribution in [3.05, 3.63) is 47.0 Å². The van der Waals surface area contributed by atoms with Crippen molar-refractivity contribution in [1.82, 2.24) is 14.9 Å². The summed E-state index contributed by atoms with van der Waals surface area (Å²) in [5.74, 6) is 0.935. The molecule has 0 amide bonds. The van der Waals surface area contributed by atoms with Crippen molar-refractivity contribution in [2.24, 2.45) is 0 Å². The molecule has 0 aliphatic rings. The fourth-order valence-electron chi connectivity index (χ4n) is 2.04. The zero-order valence-corrected chi connectivity index (χ0v) is 11.7. The van der Waals surface area contributed by atoms with E-state index in [0.29, 0.717) is 6.04 Å². The molecule has 1 unspecified atom stereocenters. The molecule has 3 nitrogen and oxygen atoms in total. The van der Waals surface area contributed by atoms with E-state index in [2.05, 4.69) is 30.2 Å². The van der Waals surface area contributed by atoms with E-state index in [4.69, 9.17) is 11.6 Å². The summed E-state index contributed by atoms with van der Waals surface area (Å²) in [5.41, 5.74) is 2.17. The van der Waals surface area contributed by atoms with Gasteiger partial charge in [-0.05, 0) is 38.1 Å². The molecule has 96 valence electrons. The molecule has 1 atom stereocenters. The Morgan fingerprint density at radius 3 is 2.78 bits per heavy atom. The van der Waals surface area contributed by atoms with Crippen LogP contribution in [0, 0.1) is 6.92 Å². The maximum Gasteiger partial charge on any atom is 0.110 e. The summed E-state index contributed by atoms with van der Waals surface area (Å²) < 4.78 is 1.99. The van der Waals surface area contributed by atoms with Crippen molar-refractivity contribution in [2.45, 2.75) is 26.8 Å². The number of halogens is 1. The van der Waals surface area contributed by atoms with Gasteiger partial charge in [-0.2, -0.15) is 0 Å². The molecule has 0 saturated carbocycles. The van der Waals surface area contributed by atoms with Gasteiger partial charge in [-0.3, -0.25) is 0 Å². The minimum absolute atomic E-state index is 0.311. The van der Waals surface area contributed by atoms with Crippen LogP contribution >= 0.6 is 11.6 Å². The molecule has 0 fully saturated rings. The average molecular weight is 264 g/mol. The summed E-state index contributed by atoms with van der Waals surface area (Å²) in [4.78, 5) is 4.21. The Morgan fingerprint density at radius 2 is 2.22 bits per heavy atom. The summed E-state index contributed by atoms with van der Waals surface area (Å²) in [6, 6.07) is 6.48. The van der Waals surface area contributed by atoms with E-state index >= 15 is 0 Å². The van der Waals surface area contributed by atoms with Gasteiger partial charge < -0.3 is 9.88 Å². The summed E-state index contributed by atoms with van der Waals surface area (Å²) in [6.07, 6.45) is 3.70. The number of imidazole rings is 1. The van der Waals surface area contributed by atoms with Gasteiger partial charge in [0.1, 0.15) is 5.82 Å². The Hall–Kier alpha value is -1.32. The first-order chi connectivity index (χ1) is 8.63. The molecule has 4 heteroatoms.